The average molecular weight is 438 g/mol. The Balaban J connectivity index is 1.73. The van der Waals surface area contributed by atoms with Crippen LogP contribution in [0.15, 0.2) is 53.3 Å². The minimum atomic E-state index is 0.00269. The molecule has 6 heteroatoms. The third-order valence-electron chi connectivity index (χ3n) is 7.03. The van der Waals surface area contributed by atoms with Gasteiger partial charge in [-0.1, -0.05) is 50.5 Å². The summed E-state index contributed by atoms with van der Waals surface area (Å²) in [5, 5.41) is 0.569. The molecule has 1 aliphatic carbocycles. The summed E-state index contributed by atoms with van der Waals surface area (Å²) < 4.78 is 3.92. The predicted molar refractivity (Wildman–Crippen MR) is 132 cm³/mol. The Morgan fingerprint density at radius 2 is 1.58 bits per heavy atom. The van der Waals surface area contributed by atoms with Crippen LogP contribution in [0.25, 0.3) is 38.9 Å². The third kappa shape index (κ3) is 3.16. The van der Waals surface area contributed by atoms with Crippen LogP contribution in [-0.2, 0) is 6.42 Å². The maximum Gasteiger partial charge on any atom is 0.265 e. The number of para-hydroxylation sites is 2. The summed E-state index contributed by atoms with van der Waals surface area (Å²) in [5.41, 5.74) is 5.75. The fourth-order valence-corrected chi connectivity index (χ4v) is 5.30. The second-order valence-electron chi connectivity index (χ2n) is 9.06. The summed E-state index contributed by atoms with van der Waals surface area (Å²) in [6, 6.07) is 16.4. The largest absolute Gasteiger partial charge is 0.293 e. The maximum atomic E-state index is 14.0. The molecule has 3 heterocycles. The Morgan fingerprint density at radius 3 is 2.27 bits per heavy atom. The molecule has 1 aliphatic rings. The topological polar surface area (TPSA) is 65.6 Å². The van der Waals surface area contributed by atoms with Gasteiger partial charge in [-0.05, 0) is 56.0 Å². The number of benzene rings is 2. The molecule has 6 rings (SSSR count). The van der Waals surface area contributed by atoms with E-state index >= 15 is 0 Å². The smallest absolute Gasteiger partial charge is 0.265 e. The van der Waals surface area contributed by atoms with Gasteiger partial charge in [0.25, 0.3) is 5.56 Å². The fraction of sp³-hybridized carbons (Fsp3) is 0.333. The van der Waals surface area contributed by atoms with Crippen molar-refractivity contribution in [3.8, 4) is 5.69 Å². The van der Waals surface area contributed by atoms with Gasteiger partial charge in [0.1, 0.15) is 16.7 Å². The Hall–Kier alpha value is -3.54. The zero-order valence-electron chi connectivity index (χ0n) is 19.1. The number of aryl methyl sites for hydroxylation is 2. The summed E-state index contributed by atoms with van der Waals surface area (Å²) in [5.74, 6) is 0.762. The highest BCUT2D eigenvalue weighted by molar-refractivity contribution is 6.05. The van der Waals surface area contributed by atoms with E-state index in [0.717, 1.165) is 54.6 Å². The first-order chi connectivity index (χ1) is 16.2. The molecule has 2 aromatic carbocycles. The number of hydrogen-bond acceptors (Lipinski definition) is 4. The van der Waals surface area contributed by atoms with Gasteiger partial charge in [-0.2, -0.15) is 0 Å². The van der Waals surface area contributed by atoms with E-state index in [9.17, 15) is 4.79 Å². The Kier molecular flexibility index (Phi) is 4.75. The van der Waals surface area contributed by atoms with Gasteiger partial charge in [0.15, 0.2) is 11.3 Å². The first-order valence-corrected chi connectivity index (χ1v) is 11.9. The van der Waals surface area contributed by atoms with Crippen LogP contribution < -0.4 is 5.56 Å². The molecule has 0 saturated heterocycles. The highest BCUT2D eigenvalue weighted by Gasteiger charge is 2.25. The molecular formula is C27H27N5O. The van der Waals surface area contributed by atoms with Gasteiger partial charge in [-0.25, -0.2) is 15.0 Å². The van der Waals surface area contributed by atoms with Crippen LogP contribution in [0.4, 0.5) is 0 Å². The summed E-state index contributed by atoms with van der Waals surface area (Å²) in [6.07, 6.45) is 6.58. The second kappa shape index (κ2) is 7.80. The summed E-state index contributed by atoms with van der Waals surface area (Å²) in [7, 11) is 0. The monoisotopic (exact) mass is 437 g/mol. The van der Waals surface area contributed by atoms with Crippen molar-refractivity contribution in [2.24, 2.45) is 0 Å². The lowest BCUT2D eigenvalue weighted by Crippen LogP contribution is -2.29. The SMILES string of the molecule is CCc1ccc(-n2c3nc4ccccc4nc3c3c(=O)n(C4CCCCC4)c(C)nc32)cc1. The van der Waals surface area contributed by atoms with Gasteiger partial charge in [0, 0.05) is 11.7 Å². The van der Waals surface area contributed by atoms with E-state index in [1.165, 1.54) is 12.0 Å². The van der Waals surface area contributed by atoms with E-state index in [1.807, 2.05) is 40.3 Å². The molecule has 0 unspecified atom stereocenters. The van der Waals surface area contributed by atoms with Crippen molar-refractivity contribution >= 4 is 33.2 Å². The van der Waals surface area contributed by atoms with Crippen LogP contribution >= 0.6 is 0 Å². The zero-order valence-corrected chi connectivity index (χ0v) is 19.1. The van der Waals surface area contributed by atoms with Crippen molar-refractivity contribution < 1.29 is 0 Å². The molecule has 166 valence electrons. The molecule has 0 aliphatic heterocycles. The summed E-state index contributed by atoms with van der Waals surface area (Å²) in [4.78, 5) is 28.9. The number of fused-ring (bicyclic) bond motifs is 4. The van der Waals surface area contributed by atoms with Crippen molar-refractivity contribution in [2.75, 3.05) is 0 Å². The molecule has 0 spiro atoms. The van der Waals surface area contributed by atoms with Crippen molar-refractivity contribution in [2.45, 2.75) is 58.4 Å². The number of rotatable bonds is 3. The van der Waals surface area contributed by atoms with E-state index < -0.39 is 0 Å². The second-order valence-corrected chi connectivity index (χ2v) is 9.06. The first-order valence-electron chi connectivity index (χ1n) is 11.9. The Morgan fingerprint density at radius 1 is 0.879 bits per heavy atom. The molecular weight excluding hydrogens is 410 g/mol. The Labute approximate surface area is 191 Å². The lowest BCUT2D eigenvalue weighted by Gasteiger charge is -2.25. The summed E-state index contributed by atoms with van der Waals surface area (Å²) >= 11 is 0. The van der Waals surface area contributed by atoms with Gasteiger partial charge in [0.05, 0.1) is 11.0 Å². The van der Waals surface area contributed by atoms with Crippen LogP contribution in [0.3, 0.4) is 0 Å². The molecule has 33 heavy (non-hydrogen) atoms. The van der Waals surface area contributed by atoms with Gasteiger partial charge in [-0.15, -0.1) is 0 Å². The third-order valence-corrected chi connectivity index (χ3v) is 7.03. The molecule has 1 saturated carbocycles. The van der Waals surface area contributed by atoms with Crippen LogP contribution in [-0.4, -0.2) is 24.1 Å². The Bertz CT molecular complexity index is 1560. The van der Waals surface area contributed by atoms with Crippen molar-refractivity contribution in [3.63, 3.8) is 0 Å². The minimum absolute atomic E-state index is 0.00269. The highest BCUT2D eigenvalue weighted by atomic mass is 16.1. The zero-order chi connectivity index (χ0) is 22.5. The summed E-state index contributed by atoms with van der Waals surface area (Å²) in [6.45, 7) is 4.10. The van der Waals surface area contributed by atoms with E-state index in [2.05, 4.69) is 31.2 Å². The van der Waals surface area contributed by atoms with E-state index in [4.69, 9.17) is 15.0 Å². The van der Waals surface area contributed by atoms with Gasteiger partial charge in [-0.3, -0.25) is 13.9 Å². The van der Waals surface area contributed by atoms with Crippen LogP contribution in [0, 0.1) is 6.92 Å². The molecule has 1 fully saturated rings. The molecule has 5 aromatic rings. The molecule has 0 amide bonds. The van der Waals surface area contributed by atoms with E-state index in [-0.39, 0.29) is 11.6 Å². The van der Waals surface area contributed by atoms with E-state index in [1.54, 1.807) is 0 Å². The quantitative estimate of drug-likeness (QED) is 0.365. The lowest BCUT2D eigenvalue weighted by molar-refractivity contribution is 0.339. The number of aromatic nitrogens is 5. The predicted octanol–water partition coefficient (Wildman–Crippen LogP) is 5.66. The average Bonchev–Trinajstić information content (AvgIpc) is 3.16. The lowest BCUT2D eigenvalue weighted by atomic mass is 9.95. The molecule has 0 atom stereocenters. The maximum absolute atomic E-state index is 14.0. The van der Waals surface area contributed by atoms with Crippen LogP contribution in [0.2, 0.25) is 0 Å². The molecule has 0 radical (unpaired) electrons. The number of hydrogen-bond donors (Lipinski definition) is 0. The molecule has 0 bridgehead atoms. The highest BCUT2D eigenvalue weighted by Crippen LogP contribution is 2.32. The van der Waals surface area contributed by atoms with Crippen molar-refractivity contribution in [1.82, 2.24) is 24.1 Å². The van der Waals surface area contributed by atoms with Crippen molar-refractivity contribution in [3.05, 3.63) is 70.3 Å². The normalized spacial score (nSPS) is 15.1. The standard InChI is InChI=1S/C27H27N5O/c1-3-18-13-15-20(16-14-18)32-25-23(24-26(32)30-22-12-8-7-11-21(22)29-24)27(33)31(17(2)28-25)19-9-5-4-6-10-19/h7-8,11-16,19H,3-6,9-10H2,1-2H3. The minimum Gasteiger partial charge on any atom is -0.293 e. The van der Waals surface area contributed by atoms with Gasteiger partial charge < -0.3 is 0 Å². The van der Waals surface area contributed by atoms with Gasteiger partial charge in [0.2, 0.25) is 0 Å². The van der Waals surface area contributed by atoms with Crippen LogP contribution in [0.1, 0.15) is 56.5 Å². The molecule has 0 N–H and O–H groups in total. The number of nitrogens with zero attached hydrogens (tertiary/aromatic N) is 5. The van der Waals surface area contributed by atoms with Gasteiger partial charge >= 0.3 is 0 Å². The molecule has 3 aromatic heterocycles. The van der Waals surface area contributed by atoms with Crippen molar-refractivity contribution in [1.29, 1.82) is 0 Å². The van der Waals surface area contributed by atoms with E-state index in [0.29, 0.717) is 22.2 Å². The van der Waals surface area contributed by atoms with Crippen LogP contribution in [0.5, 0.6) is 0 Å². The first kappa shape index (κ1) is 20.1. The fourth-order valence-electron chi connectivity index (χ4n) is 5.30. The molecule has 6 nitrogen and oxygen atoms in total.